The normalized spacial score (nSPS) is 11.7. The second kappa shape index (κ2) is 7.04. The molecule has 5 nitrogen and oxygen atoms in total. The van der Waals surface area contributed by atoms with Gasteiger partial charge in [-0.15, -0.1) is 0 Å². The maximum atomic E-state index is 10.7. The van der Waals surface area contributed by atoms with Crippen molar-refractivity contribution in [3.63, 3.8) is 0 Å². The van der Waals surface area contributed by atoms with Gasteiger partial charge in [0.05, 0.1) is 28.4 Å². The number of aliphatic hydroxyl groups is 1. The van der Waals surface area contributed by atoms with Crippen LogP contribution in [0.1, 0.15) is 17.2 Å². The third-order valence-electron chi connectivity index (χ3n) is 3.42. The van der Waals surface area contributed by atoms with Crippen molar-refractivity contribution in [1.82, 2.24) is 0 Å². The van der Waals surface area contributed by atoms with Crippen molar-refractivity contribution in [2.24, 2.45) is 0 Å². The maximum Gasteiger partial charge on any atom is 0.166 e. The zero-order valence-corrected chi connectivity index (χ0v) is 13.1. The molecule has 0 spiro atoms. The first-order chi connectivity index (χ1) is 10.6. The lowest BCUT2D eigenvalue weighted by molar-refractivity contribution is 0.212. The number of hydrogen-bond donors (Lipinski definition) is 1. The Morgan fingerprint density at radius 1 is 0.818 bits per heavy atom. The number of ether oxygens (including phenoxy) is 4. The lowest BCUT2D eigenvalue weighted by atomic mass is 9.99. The van der Waals surface area contributed by atoms with E-state index in [0.29, 0.717) is 34.1 Å². The molecule has 0 bridgehead atoms. The van der Waals surface area contributed by atoms with Gasteiger partial charge in [0.15, 0.2) is 11.5 Å². The van der Waals surface area contributed by atoms with Gasteiger partial charge in [0.2, 0.25) is 0 Å². The highest BCUT2D eigenvalue weighted by Crippen LogP contribution is 2.38. The van der Waals surface area contributed by atoms with E-state index in [-0.39, 0.29) is 0 Å². The lowest BCUT2D eigenvalue weighted by Gasteiger charge is -2.18. The number of rotatable bonds is 6. The minimum Gasteiger partial charge on any atom is -0.497 e. The molecular formula is C17H20O5. The smallest absolute Gasteiger partial charge is 0.166 e. The minimum absolute atomic E-state index is 0.499. The summed E-state index contributed by atoms with van der Waals surface area (Å²) in [7, 11) is 6.23. The van der Waals surface area contributed by atoms with Gasteiger partial charge >= 0.3 is 0 Å². The molecule has 1 atom stereocenters. The van der Waals surface area contributed by atoms with Crippen LogP contribution >= 0.6 is 0 Å². The Labute approximate surface area is 130 Å². The summed E-state index contributed by atoms with van der Waals surface area (Å²) in [6, 6.07) is 10.6. The summed E-state index contributed by atoms with van der Waals surface area (Å²) < 4.78 is 21.1. The second-order valence-electron chi connectivity index (χ2n) is 4.63. The second-order valence-corrected chi connectivity index (χ2v) is 4.63. The van der Waals surface area contributed by atoms with Crippen molar-refractivity contribution >= 4 is 0 Å². The molecule has 2 aromatic carbocycles. The number of hydrogen-bond acceptors (Lipinski definition) is 5. The van der Waals surface area contributed by atoms with Gasteiger partial charge in [-0.3, -0.25) is 0 Å². The summed E-state index contributed by atoms with van der Waals surface area (Å²) in [4.78, 5) is 0. The third-order valence-corrected chi connectivity index (χ3v) is 3.42. The fraction of sp³-hybridized carbons (Fsp3) is 0.294. The largest absolute Gasteiger partial charge is 0.497 e. The molecule has 0 saturated heterocycles. The van der Waals surface area contributed by atoms with Crippen LogP contribution in [0.5, 0.6) is 23.0 Å². The van der Waals surface area contributed by atoms with Gasteiger partial charge in [-0.05, 0) is 23.8 Å². The Hall–Kier alpha value is -2.40. The summed E-state index contributed by atoms with van der Waals surface area (Å²) in [5.41, 5.74) is 1.25. The van der Waals surface area contributed by atoms with Gasteiger partial charge in [0.25, 0.3) is 0 Å². The van der Waals surface area contributed by atoms with E-state index < -0.39 is 6.10 Å². The van der Waals surface area contributed by atoms with Crippen LogP contribution in [0, 0.1) is 0 Å². The van der Waals surface area contributed by atoms with Crippen molar-refractivity contribution in [1.29, 1.82) is 0 Å². The highest BCUT2D eigenvalue weighted by molar-refractivity contribution is 5.51. The van der Waals surface area contributed by atoms with E-state index in [0.717, 1.165) is 0 Å². The molecule has 0 radical (unpaired) electrons. The molecule has 0 aliphatic carbocycles. The molecule has 0 heterocycles. The van der Waals surface area contributed by atoms with Crippen LogP contribution in [0.3, 0.4) is 0 Å². The minimum atomic E-state index is -0.894. The van der Waals surface area contributed by atoms with Crippen molar-refractivity contribution in [2.75, 3.05) is 28.4 Å². The van der Waals surface area contributed by atoms with Gasteiger partial charge in [0.1, 0.15) is 17.6 Å². The average Bonchev–Trinajstić information content (AvgIpc) is 2.59. The quantitative estimate of drug-likeness (QED) is 0.889. The summed E-state index contributed by atoms with van der Waals surface area (Å²) in [6.07, 6.45) is -0.894. The number of para-hydroxylation sites is 1. The third kappa shape index (κ3) is 3.09. The SMILES string of the molecule is COc1cc(OC)cc(C(O)c2cccc(OC)c2OC)c1. The highest BCUT2D eigenvalue weighted by atomic mass is 16.5. The molecule has 22 heavy (non-hydrogen) atoms. The number of aliphatic hydroxyl groups excluding tert-OH is 1. The molecular weight excluding hydrogens is 284 g/mol. The molecule has 0 saturated carbocycles. The van der Waals surface area contributed by atoms with Crippen molar-refractivity contribution in [3.8, 4) is 23.0 Å². The zero-order chi connectivity index (χ0) is 16.1. The van der Waals surface area contributed by atoms with Crippen LogP contribution in [0.25, 0.3) is 0 Å². The lowest BCUT2D eigenvalue weighted by Crippen LogP contribution is -2.04. The molecule has 0 amide bonds. The Balaban J connectivity index is 2.50. The molecule has 0 aliphatic heterocycles. The van der Waals surface area contributed by atoms with E-state index in [4.69, 9.17) is 18.9 Å². The van der Waals surface area contributed by atoms with Gasteiger partial charge in [-0.25, -0.2) is 0 Å². The van der Waals surface area contributed by atoms with Gasteiger partial charge in [-0.1, -0.05) is 12.1 Å². The monoisotopic (exact) mass is 304 g/mol. The average molecular weight is 304 g/mol. The fourth-order valence-corrected chi connectivity index (χ4v) is 2.29. The van der Waals surface area contributed by atoms with Crippen LogP contribution in [-0.4, -0.2) is 33.5 Å². The summed E-state index contributed by atoms with van der Waals surface area (Å²) in [5.74, 6) is 2.28. The maximum absolute atomic E-state index is 10.7. The Morgan fingerprint density at radius 2 is 1.45 bits per heavy atom. The fourth-order valence-electron chi connectivity index (χ4n) is 2.29. The van der Waals surface area contributed by atoms with Crippen molar-refractivity contribution in [2.45, 2.75) is 6.10 Å². The first kappa shape index (κ1) is 16.0. The Bertz CT molecular complexity index is 617. The molecule has 1 N–H and O–H groups in total. The summed E-state index contributed by atoms with van der Waals surface area (Å²) in [6.45, 7) is 0. The van der Waals surface area contributed by atoms with Crippen molar-refractivity contribution in [3.05, 3.63) is 47.5 Å². The number of methoxy groups -OCH3 is 4. The van der Waals surface area contributed by atoms with Crippen LogP contribution in [0.2, 0.25) is 0 Å². The topological polar surface area (TPSA) is 57.2 Å². The molecule has 2 rings (SSSR count). The highest BCUT2D eigenvalue weighted by Gasteiger charge is 2.20. The van der Waals surface area contributed by atoms with E-state index in [2.05, 4.69) is 0 Å². The van der Waals surface area contributed by atoms with Crippen molar-refractivity contribution < 1.29 is 24.1 Å². The predicted molar refractivity (Wildman–Crippen MR) is 83.2 cm³/mol. The van der Waals surface area contributed by atoms with E-state index in [1.807, 2.05) is 0 Å². The van der Waals surface area contributed by atoms with E-state index in [1.165, 1.54) is 0 Å². The van der Waals surface area contributed by atoms with Crippen LogP contribution in [0.15, 0.2) is 36.4 Å². The Kier molecular flexibility index (Phi) is 5.12. The van der Waals surface area contributed by atoms with Gasteiger partial charge in [-0.2, -0.15) is 0 Å². The molecule has 0 fully saturated rings. The number of benzene rings is 2. The molecule has 0 aromatic heterocycles. The standard InChI is InChI=1S/C17H20O5/c1-19-12-8-11(9-13(10-12)20-2)16(18)14-6-5-7-15(21-3)17(14)22-4/h5-10,16,18H,1-4H3. The molecule has 5 heteroatoms. The van der Waals surface area contributed by atoms with Crippen LogP contribution in [0.4, 0.5) is 0 Å². The summed E-state index contributed by atoms with van der Waals surface area (Å²) >= 11 is 0. The van der Waals surface area contributed by atoms with E-state index >= 15 is 0 Å². The van der Waals surface area contributed by atoms with E-state index in [9.17, 15) is 5.11 Å². The van der Waals surface area contributed by atoms with E-state index in [1.54, 1.807) is 64.8 Å². The molecule has 2 aromatic rings. The first-order valence-corrected chi connectivity index (χ1v) is 6.76. The first-order valence-electron chi connectivity index (χ1n) is 6.76. The zero-order valence-electron chi connectivity index (χ0n) is 13.1. The van der Waals surface area contributed by atoms with Gasteiger partial charge in [0, 0.05) is 11.6 Å². The molecule has 1 unspecified atom stereocenters. The van der Waals surface area contributed by atoms with Gasteiger partial charge < -0.3 is 24.1 Å². The predicted octanol–water partition coefficient (Wildman–Crippen LogP) is 2.80. The van der Waals surface area contributed by atoms with Crippen LogP contribution in [-0.2, 0) is 0 Å². The summed E-state index contributed by atoms with van der Waals surface area (Å²) in [5, 5.41) is 10.7. The Morgan fingerprint density at radius 3 is 1.95 bits per heavy atom. The molecule has 118 valence electrons. The van der Waals surface area contributed by atoms with Crippen LogP contribution < -0.4 is 18.9 Å². The molecule has 0 aliphatic rings.